The van der Waals surface area contributed by atoms with Gasteiger partial charge in [-0.25, -0.2) is 4.79 Å². The minimum Gasteiger partial charge on any atom is -0.496 e. The molecule has 1 unspecified atom stereocenters. The van der Waals surface area contributed by atoms with E-state index in [1.165, 1.54) is 7.11 Å². The van der Waals surface area contributed by atoms with Gasteiger partial charge >= 0.3 is 5.97 Å². The van der Waals surface area contributed by atoms with Crippen molar-refractivity contribution in [1.29, 1.82) is 0 Å². The second-order valence-electron chi connectivity index (χ2n) is 7.87. The number of nitrogens with zero attached hydrogens (tertiary/aromatic N) is 1. The van der Waals surface area contributed by atoms with Gasteiger partial charge < -0.3 is 14.8 Å². The van der Waals surface area contributed by atoms with Gasteiger partial charge in [0.1, 0.15) is 11.8 Å². The maximum absolute atomic E-state index is 12.8. The molecule has 2 aromatic carbocycles. The van der Waals surface area contributed by atoms with Crippen LogP contribution >= 0.6 is 0 Å². The van der Waals surface area contributed by atoms with Crippen molar-refractivity contribution in [2.45, 2.75) is 32.9 Å². The SMILES string of the molecule is COc1ccccc1CNC(=O)COC(=O)C(CC(C)C)N1C(=O)c2ccccc2C1=O. The monoisotopic (exact) mass is 438 g/mol. The molecule has 8 nitrogen and oxygen atoms in total. The van der Waals surface area contributed by atoms with Gasteiger partial charge in [-0.2, -0.15) is 0 Å². The lowest BCUT2D eigenvalue weighted by atomic mass is 10.0. The first-order valence-electron chi connectivity index (χ1n) is 10.4. The van der Waals surface area contributed by atoms with E-state index in [0.717, 1.165) is 10.5 Å². The van der Waals surface area contributed by atoms with E-state index in [4.69, 9.17) is 9.47 Å². The molecule has 0 spiro atoms. The van der Waals surface area contributed by atoms with Crippen LogP contribution in [0.5, 0.6) is 5.75 Å². The van der Waals surface area contributed by atoms with Crippen LogP contribution in [0.15, 0.2) is 48.5 Å². The van der Waals surface area contributed by atoms with Gasteiger partial charge in [-0.3, -0.25) is 19.3 Å². The van der Waals surface area contributed by atoms with Crippen LogP contribution in [0, 0.1) is 5.92 Å². The molecule has 0 radical (unpaired) electrons. The second-order valence-corrected chi connectivity index (χ2v) is 7.87. The third-order valence-electron chi connectivity index (χ3n) is 5.12. The molecule has 1 atom stereocenters. The summed E-state index contributed by atoms with van der Waals surface area (Å²) in [5.41, 5.74) is 1.29. The summed E-state index contributed by atoms with van der Waals surface area (Å²) in [7, 11) is 1.54. The molecule has 3 rings (SSSR count). The van der Waals surface area contributed by atoms with Crippen LogP contribution in [0.4, 0.5) is 0 Å². The zero-order valence-corrected chi connectivity index (χ0v) is 18.3. The zero-order chi connectivity index (χ0) is 23.3. The molecule has 0 aliphatic carbocycles. The number of ether oxygens (including phenoxy) is 2. The zero-order valence-electron chi connectivity index (χ0n) is 18.3. The Kier molecular flexibility index (Phi) is 7.25. The topological polar surface area (TPSA) is 102 Å². The van der Waals surface area contributed by atoms with E-state index < -0.39 is 36.3 Å². The number of imide groups is 1. The van der Waals surface area contributed by atoms with E-state index in [-0.39, 0.29) is 30.0 Å². The summed E-state index contributed by atoms with van der Waals surface area (Å²) >= 11 is 0. The van der Waals surface area contributed by atoms with E-state index in [2.05, 4.69) is 5.32 Å². The van der Waals surface area contributed by atoms with E-state index in [1.807, 2.05) is 32.0 Å². The maximum Gasteiger partial charge on any atom is 0.329 e. The minimum absolute atomic E-state index is 0.0104. The highest BCUT2D eigenvalue weighted by Crippen LogP contribution is 2.27. The molecule has 0 saturated heterocycles. The normalized spacial score (nSPS) is 13.7. The molecule has 0 saturated carbocycles. The van der Waals surface area contributed by atoms with Gasteiger partial charge in [0.25, 0.3) is 17.7 Å². The number of carbonyl (C=O) groups is 4. The first kappa shape index (κ1) is 23.0. The molecule has 1 aliphatic heterocycles. The van der Waals surface area contributed by atoms with E-state index in [9.17, 15) is 19.2 Å². The Labute approximate surface area is 186 Å². The van der Waals surface area contributed by atoms with E-state index in [0.29, 0.717) is 5.75 Å². The molecule has 8 heteroatoms. The Morgan fingerprint density at radius 2 is 1.56 bits per heavy atom. The average molecular weight is 438 g/mol. The highest BCUT2D eigenvalue weighted by molar-refractivity contribution is 6.22. The van der Waals surface area contributed by atoms with E-state index >= 15 is 0 Å². The Hall–Kier alpha value is -3.68. The largest absolute Gasteiger partial charge is 0.496 e. The molecular formula is C24H26N2O6. The molecule has 0 fully saturated rings. The summed E-state index contributed by atoms with van der Waals surface area (Å²) in [5, 5.41) is 2.67. The Balaban J connectivity index is 1.64. The number of methoxy groups -OCH3 is 1. The number of hydrogen-bond donors (Lipinski definition) is 1. The first-order chi connectivity index (χ1) is 15.3. The molecular weight excluding hydrogens is 412 g/mol. The number of esters is 1. The summed E-state index contributed by atoms with van der Waals surface area (Å²) in [6.07, 6.45) is 0.229. The van der Waals surface area contributed by atoms with Crippen molar-refractivity contribution in [3.8, 4) is 5.75 Å². The van der Waals surface area contributed by atoms with Gasteiger partial charge in [0.15, 0.2) is 6.61 Å². The van der Waals surface area contributed by atoms with Crippen LogP contribution in [-0.2, 0) is 20.9 Å². The molecule has 3 amide bonds. The quantitative estimate of drug-likeness (QED) is 0.477. The van der Waals surface area contributed by atoms with Crippen molar-refractivity contribution < 1.29 is 28.7 Å². The fourth-order valence-corrected chi connectivity index (χ4v) is 3.57. The Bertz CT molecular complexity index is 998. The minimum atomic E-state index is -1.11. The van der Waals surface area contributed by atoms with Crippen LogP contribution in [0.25, 0.3) is 0 Å². The molecule has 168 valence electrons. The lowest BCUT2D eigenvalue weighted by Gasteiger charge is -2.25. The first-order valence-corrected chi connectivity index (χ1v) is 10.4. The van der Waals surface area contributed by atoms with Gasteiger partial charge in [-0.15, -0.1) is 0 Å². The third kappa shape index (κ3) is 4.96. The number of carbonyl (C=O) groups excluding carboxylic acids is 4. The van der Waals surface area contributed by atoms with Crippen molar-refractivity contribution in [3.63, 3.8) is 0 Å². The number of benzene rings is 2. The predicted molar refractivity (Wildman–Crippen MR) is 116 cm³/mol. The summed E-state index contributed by atoms with van der Waals surface area (Å²) in [5.74, 6) is -1.72. The number of rotatable bonds is 9. The van der Waals surface area contributed by atoms with Gasteiger partial charge in [0, 0.05) is 12.1 Å². The van der Waals surface area contributed by atoms with Gasteiger partial charge in [0.2, 0.25) is 0 Å². The Morgan fingerprint density at radius 3 is 2.16 bits per heavy atom. The molecule has 1 heterocycles. The summed E-state index contributed by atoms with van der Waals surface area (Å²) in [6.45, 7) is 3.43. The number of para-hydroxylation sites is 1. The number of amides is 3. The third-order valence-corrected chi connectivity index (χ3v) is 5.12. The lowest BCUT2D eigenvalue weighted by molar-refractivity contribution is -0.152. The number of fused-ring (bicyclic) bond motifs is 1. The molecule has 0 bridgehead atoms. The molecule has 32 heavy (non-hydrogen) atoms. The Morgan fingerprint density at radius 1 is 0.969 bits per heavy atom. The summed E-state index contributed by atoms with van der Waals surface area (Å²) in [6, 6.07) is 12.6. The molecule has 1 aliphatic rings. The van der Waals surface area contributed by atoms with Crippen molar-refractivity contribution in [1.82, 2.24) is 10.2 Å². The fourth-order valence-electron chi connectivity index (χ4n) is 3.57. The summed E-state index contributed by atoms with van der Waals surface area (Å²) < 4.78 is 10.4. The fraction of sp³-hybridized carbons (Fsp3) is 0.333. The maximum atomic E-state index is 12.8. The van der Waals surface area contributed by atoms with Gasteiger partial charge in [-0.05, 0) is 30.5 Å². The van der Waals surface area contributed by atoms with Crippen molar-refractivity contribution >= 4 is 23.7 Å². The second kappa shape index (κ2) is 10.1. The van der Waals surface area contributed by atoms with Crippen molar-refractivity contribution in [3.05, 3.63) is 65.2 Å². The van der Waals surface area contributed by atoms with Crippen LogP contribution in [-0.4, -0.2) is 48.3 Å². The standard InChI is InChI=1S/C24H26N2O6/c1-15(2)12-19(26-22(28)17-9-5-6-10-18(17)23(26)29)24(30)32-14-21(27)25-13-16-8-4-7-11-20(16)31-3/h4-11,15,19H,12-14H2,1-3H3,(H,25,27). The van der Waals surface area contributed by atoms with Crippen LogP contribution in [0.1, 0.15) is 46.5 Å². The van der Waals surface area contributed by atoms with Crippen LogP contribution in [0.2, 0.25) is 0 Å². The van der Waals surface area contributed by atoms with Crippen LogP contribution < -0.4 is 10.1 Å². The smallest absolute Gasteiger partial charge is 0.329 e. The highest BCUT2D eigenvalue weighted by atomic mass is 16.5. The summed E-state index contributed by atoms with van der Waals surface area (Å²) in [4.78, 5) is 51.6. The van der Waals surface area contributed by atoms with E-state index in [1.54, 1.807) is 30.3 Å². The van der Waals surface area contributed by atoms with Crippen molar-refractivity contribution in [2.75, 3.05) is 13.7 Å². The number of nitrogens with one attached hydrogen (secondary N) is 1. The van der Waals surface area contributed by atoms with Crippen molar-refractivity contribution in [2.24, 2.45) is 5.92 Å². The molecule has 0 aromatic heterocycles. The molecule has 1 N–H and O–H groups in total. The molecule has 2 aromatic rings. The average Bonchev–Trinajstić information content (AvgIpc) is 3.04. The number of hydrogen-bond acceptors (Lipinski definition) is 6. The van der Waals surface area contributed by atoms with Gasteiger partial charge in [-0.1, -0.05) is 44.2 Å². The van der Waals surface area contributed by atoms with Crippen LogP contribution in [0.3, 0.4) is 0 Å². The lowest BCUT2D eigenvalue weighted by Crippen LogP contribution is -2.47. The van der Waals surface area contributed by atoms with Gasteiger partial charge in [0.05, 0.1) is 18.2 Å². The highest BCUT2D eigenvalue weighted by Gasteiger charge is 2.43. The predicted octanol–water partition coefficient (Wildman–Crippen LogP) is 2.57.